The van der Waals surface area contributed by atoms with Crippen LogP contribution in [0.5, 0.6) is 0 Å². The molecular formula is C72H164N20O37S. The monoisotopic (exact) mass is 1930 g/mol. The second-order valence-corrected chi connectivity index (χ2v) is 28.5. The third-order valence-corrected chi connectivity index (χ3v) is 13.0. The molecule has 0 rings (SSSR count). The van der Waals surface area contributed by atoms with E-state index < -0.39 is 199 Å². The zero-order chi connectivity index (χ0) is 109. The molecule has 0 spiro atoms. The van der Waals surface area contributed by atoms with Gasteiger partial charge in [-0.1, -0.05) is 110 Å². The van der Waals surface area contributed by atoms with Gasteiger partial charge in [-0.2, -0.15) is 12.6 Å². The third kappa shape index (κ3) is 175. The summed E-state index contributed by atoms with van der Waals surface area (Å²) in [6.45, 7) is 29.4. The van der Waals surface area contributed by atoms with Gasteiger partial charge in [-0.25, -0.2) is 0 Å². The highest BCUT2D eigenvalue weighted by atomic mass is 32.1. The molecule has 0 aromatic carbocycles. The van der Waals surface area contributed by atoms with Gasteiger partial charge in [-0.15, -0.1) is 0 Å². The Morgan fingerprint density at radius 2 is 0.362 bits per heavy atom. The zero-order valence-corrected chi connectivity index (χ0v) is 78.2. The lowest BCUT2D eigenvalue weighted by atomic mass is 10.1. The molecule has 0 fully saturated rings. The molecule has 0 saturated heterocycles. The van der Waals surface area contributed by atoms with E-state index in [1.165, 1.54) is 20.8 Å². The number of nitrogens with two attached hydrogens (primary N) is 20. The minimum absolute atomic E-state index is 0.0208. The quantitative estimate of drug-likeness (QED) is 0.0203. The van der Waals surface area contributed by atoms with Crippen LogP contribution in [-0.2, 0) is 86.3 Å². The average molecular weight is 1930 g/mol. The summed E-state index contributed by atoms with van der Waals surface area (Å²) in [5, 5.41) is 152. The number of hydrogen-bond donors (Lipinski definition) is 40. The summed E-state index contributed by atoms with van der Waals surface area (Å²) in [4.78, 5) is 176. The molecule has 0 aromatic rings. The van der Waals surface area contributed by atoms with Crippen molar-refractivity contribution in [3.05, 3.63) is 0 Å². The van der Waals surface area contributed by atoms with E-state index >= 15 is 0 Å². The first-order chi connectivity index (χ1) is 58.6. The standard InChI is InChI=1S/2C6H14N2O2.2C6H13NO2.5C5H11NO2.C3H7NO3.C3H7NO2S.3C3H7NO2.4C2H5NO2/c2*7-4-2-1-3-5(8)6(9)10;2*1-4(2)3-5(7)6(8)9;5*1-3(2)4(6)5(7)8;4-2(1-5)3(6)7;4-2(1-7)3(5)6;3*1-2(4)3(5)6;4*3-1-2(4)5/h2*5H,1-4,7-8H2,(H,9,10);2*4-5H,3,7H2,1-2H3,(H,8,9);5*3-4H,6H2,1-2H3,(H,7,8);2,5H,1,4H2,(H,6,7);2,7H,1,4H2,(H,5,6);3*2H,4H2,1H3,(H,5,6);4*1,3H2,(H,4,5)/t4*5-;5*4-;5*2-;;;;/m00000000000000..../s1. The molecule has 0 saturated carbocycles. The van der Waals surface area contributed by atoms with Crippen molar-refractivity contribution < 1.29 is 183 Å². The van der Waals surface area contributed by atoms with Gasteiger partial charge in [-0.3, -0.25) is 86.3 Å². The Bertz CT molecular complexity index is 2610. The lowest BCUT2D eigenvalue weighted by Crippen LogP contribution is -2.34. The molecule has 130 heavy (non-hydrogen) atoms. The molecular weight excluding hydrogens is 1770 g/mol. The summed E-state index contributed by atoms with van der Waals surface area (Å²) in [7, 11) is 0. The van der Waals surface area contributed by atoms with E-state index in [0.29, 0.717) is 50.6 Å². The predicted molar refractivity (Wildman–Crippen MR) is 482 cm³/mol. The zero-order valence-electron chi connectivity index (χ0n) is 77.3. The van der Waals surface area contributed by atoms with Gasteiger partial charge in [0.1, 0.15) is 84.6 Å². The highest BCUT2D eigenvalue weighted by Gasteiger charge is 2.19. The SMILES string of the molecule is CC(C)C[C@H](N)C(=O)O.CC(C)C[C@H](N)C(=O)O.CC(C)[C@H](N)C(=O)O.CC(C)[C@H](N)C(=O)O.CC(C)[C@H](N)C(=O)O.CC(C)[C@H](N)C(=O)O.CC(C)[C@H](N)C(=O)O.C[C@H](N)C(=O)O.C[C@H](N)C(=O)O.C[C@H](N)C(=O)O.NCC(=O)O.NCC(=O)O.NCC(=O)O.NCC(=O)O.NCCCC[C@H](N)C(=O)O.NCCCC[C@H](N)C(=O)O.N[C@@H](CO)C(=O)O.N[C@@H](CS)C(=O)O. The smallest absolute Gasteiger partial charge is 0.322 e. The van der Waals surface area contributed by atoms with Crippen LogP contribution in [0.25, 0.3) is 0 Å². The lowest BCUT2D eigenvalue weighted by molar-refractivity contribution is -0.140. The summed E-state index contributed by atoms with van der Waals surface area (Å²) in [6, 6.07) is -10.5. The molecule has 0 aliphatic heterocycles. The minimum Gasteiger partial charge on any atom is -0.480 e. The van der Waals surface area contributed by atoms with Crippen molar-refractivity contribution in [2.24, 2.45) is 156 Å². The van der Waals surface area contributed by atoms with Gasteiger partial charge < -0.3 is 212 Å². The number of carbonyl (C=O) groups is 18. The highest BCUT2D eigenvalue weighted by molar-refractivity contribution is 7.80. The largest absolute Gasteiger partial charge is 0.480 e. The van der Waals surface area contributed by atoms with Gasteiger partial charge in [0.2, 0.25) is 0 Å². The number of hydrogen-bond acceptors (Lipinski definition) is 40. The number of rotatable bonds is 37. The predicted octanol–water partition coefficient (Wildman–Crippen LogP) is -7.69. The van der Waals surface area contributed by atoms with Crippen molar-refractivity contribution >= 4 is 120 Å². The normalized spacial score (nSPS) is 12.7. The van der Waals surface area contributed by atoms with Crippen molar-refractivity contribution in [2.45, 2.75) is 254 Å². The maximum atomic E-state index is 10.1. The first-order valence-electron chi connectivity index (χ1n) is 38.7. The Balaban J connectivity index is -0.0000000641. The molecule has 0 aromatic heterocycles. The third-order valence-electron chi connectivity index (χ3n) is 12.6. The molecule has 14 atom stereocenters. The van der Waals surface area contributed by atoms with E-state index in [9.17, 15) is 86.3 Å². The molecule has 0 aliphatic carbocycles. The fourth-order valence-electron chi connectivity index (χ4n) is 4.06. The summed E-state index contributed by atoms with van der Waals surface area (Å²) >= 11 is 3.65. The van der Waals surface area contributed by atoms with Crippen LogP contribution in [0.4, 0.5) is 0 Å². The molecule has 0 amide bonds. The Morgan fingerprint density at radius 3 is 0.400 bits per heavy atom. The van der Waals surface area contributed by atoms with Gasteiger partial charge in [0.15, 0.2) is 0 Å². The summed E-state index contributed by atoms with van der Waals surface area (Å²) in [5.74, 6) is -16.3. The minimum atomic E-state index is -1.18. The number of carboxylic acids is 18. The van der Waals surface area contributed by atoms with Crippen molar-refractivity contribution in [1.29, 1.82) is 0 Å². The van der Waals surface area contributed by atoms with Crippen LogP contribution in [0.1, 0.15) is 169 Å². The summed E-state index contributed by atoms with van der Waals surface area (Å²) in [6.07, 6.45) is 5.43. The van der Waals surface area contributed by atoms with Crippen molar-refractivity contribution in [3.63, 3.8) is 0 Å². The maximum Gasteiger partial charge on any atom is 0.322 e. The van der Waals surface area contributed by atoms with E-state index in [2.05, 4.69) is 35.6 Å². The van der Waals surface area contributed by atoms with Crippen molar-refractivity contribution in [3.8, 4) is 0 Å². The molecule has 57 nitrogen and oxygen atoms in total. The Hall–Kier alpha value is -10.0. The van der Waals surface area contributed by atoms with Crippen LogP contribution < -0.4 is 115 Å². The van der Waals surface area contributed by atoms with E-state index in [1.807, 2.05) is 27.7 Å². The van der Waals surface area contributed by atoms with Crippen molar-refractivity contribution in [1.82, 2.24) is 0 Å². The van der Waals surface area contributed by atoms with Crippen LogP contribution in [0.3, 0.4) is 0 Å². The van der Waals surface area contributed by atoms with Crippen LogP contribution in [-0.4, -0.2) is 341 Å². The summed E-state index contributed by atoms with van der Waals surface area (Å²) < 4.78 is 0. The first kappa shape index (κ1) is 163. The molecule has 0 radical (unpaired) electrons. The molecule has 58 heteroatoms. The number of aliphatic hydroxyl groups excluding tert-OH is 1. The molecule has 0 unspecified atom stereocenters. The van der Waals surface area contributed by atoms with Crippen LogP contribution in [0.15, 0.2) is 0 Å². The number of aliphatic carboxylic acids is 18. The van der Waals surface area contributed by atoms with E-state index in [-0.39, 0.29) is 61.5 Å². The molecule has 0 aliphatic rings. The number of aliphatic hydroxyl groups is 1. The fraction of sp³-hybridized carbons (Fsp3) is 0.750. The topological polar surface area (TPSA) is 1210 Å². The van der Waals surface area contributed by atoms with Crippen LogP contribution in [0.2, 0.25) is 0 Å². The Morgan fingerprint density at radius 1 is 0.223 bits per heavy atom. The number of thiol groups is 1. The maximum absolute atomic E-state index is 10.1. The van der Waals surface area contributed by atoms with E-state index in [0.717, 1.165) is 25.7 Å². The highest BCUT2D eigenvalue weighted by Crippen LogP contribution is 2.04. The van der Waals surface area contributed by atoms with Crippen LogP contribution in [0, 0.1) is 41.4 Å². The van der Waals surface area contributed by atoms with Gasteiger partial charge in [0.25, 0.3) is 0 Å². The van der Waals surface area contributed by atoms with Gasteiger partial charge >= 0.3 is 107 Å². The second kappa shape index (κ2) is 109. The van der Waals surface area contributed by atoms with Gasteiger partial charge in [-0.05, 0) is 114 Å². The van der Waals surface area contributed by atoms with Crippen LogP contribution >= 0.6 is 12.6 Å². The Kier molecular flexibility index (Phi) is 138. The number of carboxylic acid groups (broad SMARTS) is 18. The van der Waals surface area contributed by atoms with Crippen molar-refractivity contribution in [2.75, 3.05) is 51.6 Å². The molecule has 59 N–H and O–H groups in total. The lowest BCUT2D eigenvalue weighted by Gasteiger charge is -2.07. The first-order valence-corrected chi connectivity index (χ1v) is 39.3. The van der Waals surface area contributed by atoms with E-state index in [1.54, 1.807) is 69.2 Å². The summed E-state index contributed by atoms with van der Waals surface area (Å²) in [5.41, 5.74) is 99.6. The number of unbranched alkanes of at least 4 members (excludes halogenated alkanes) is 2. The Labute approximate surface area is 762 Å². The molecule has 0 heterocycles. The average Bonchev–Trinajstić information content (AvgIpc) is 0.970. The fourth-order valence-corrected chi connectivity index (χ4v) is 4.22. The second-order valence-electron chi connectivity index (χ2n) is 28.2. The van der Waals surface area contributed by atoms with Gasteiger partial charge in [0.05, 0.1) is 32.8 Å². The van der Waals surface area contributed by atoms with E-state index in [4.69, 9.17) is 189 Å². The van der Waals surface area contributed by atoms with Gasteiger partial charge in [0, 0.05) is 5.75 Å². The molecule has 0 bridgehead atoms. The molecule has 780 valence electrons.